The van der Waals surface area contributed by atoms with E-state index < -0.39 is 5.82 Å². The first kappa shape index (κ1) is 13.8. The average Bonchev–Trinajstić information content (AvgIpc) is 3.05. The van der Waals surface area contributed by atoms with E-state index in [0.717, 1.165) is 19.4 Å². The van der Waals surface area contributed by atoms with Crippen molar-refractivity contribution in [2.24, 2.45) is 0 Å². The van der Waals surface area contributed by atoms with Gasteiger partial charge in [0.05, 0.1) is 11.1 Å². The summed E-state index contributed by atoms with van der Waals surface area (Å²) in [5.74, 6) is -0.673. The number of hydrogen-bond acceptors (Lipinski definition) is 3. The lowest BCUT2D eigenvalue weighted by Gasteiger charge is -2.09. The largest absolute Gasteiger partial charge is 0.376 e. The Labute approximate surface area is 124 Å². The summed E-state index contributed by atoms with van der Waals surface area (Å²) in [6.45, 7) is 1.21. The Balaban J connectivity index is 1.80. The Bertz CT molecular complexity index is 652. The van der Waals surface area contributed by atoms with Crippen LogP contribution in [0.5, 0.6) is 0 Å². The van der Waals surface area contributed by atoms with Gasteiger partial charge < -0.3 is 10.1 Å². The molecule has 3 rings (SSSR count). The molecule has 1 aliphatic rings. The van der Waals surface area contributed by atoms with Crippen molar-refractivity contribution < 1.29 is 13.9 Å². The number of thiophene rings is 1. The number of halogens is 2. The number of ether oxygens (including phenoxy) is 1. The van der Waals surface area contributed by atoms with Gasteiger partial charge in [-0.25, -0.2) is 4.39 Å². The Morgan fingerprint density at radius 3 is 3.10 bits per heavy atom. The van der Waals surface area contributed by atoms with Crippen molar-refractivity contribution in [1.29, 1.82) is 0 Å². The van der Waals surface area contributed by atoms with Gasteiger partial charge in [0.15, 0.2) is 0 Å². The van der Waals surface area contributed by atoms with Gasteiger partial charge >= 0.3 is 0 Å². The average molecular weight is 314 g/mol. The van der Waals surface area contributed by atoms with Gasteiger partial charge in [0, 0.05) is 23.2 Å². The third kappa shape index (κ3) is 2.53. The van der Waals surface area contributed by atoms with Crippen LogP contribution in [0.1, 0.15) is 22.5 Å². The van der Waals surface area contributed by atoms with Crippen LogP contribution in [-0.2, 0) is 4.74 Å². The SMILES string of the molecule is O=C(NCC1CCCO1)c1sc2cccc(F)c2c1Cl. The highest BCUT2D eigenvalue weighted by Gasteiger charge is 2.21. The van der Waals surface area contributed by atoms with Crippen molar-refractivity contribution in [3.63, 3.8) is 0 Å². The second-order valence-electron chi connectivity index (χ2n) is 4.70. The van der Waals surface area contributed by atoms with E-state index in [2.05, 4.69) is 5.32 Å². The summed E-state index contributed by atoms with van der Waals surface area (Å²) in [6, 6.07) is 4.71. The van der Waals surface area contributed by atoms with Gasteiger partial charge in [0.2, 0.25) is 0 Å². The zero-order chi connectivity index (χ0) is 14.1. The maximum absolute atomic E-state index is 13.7. The van der Waals surface area contributed by atoms with Crippen LogP contribution in [0.15, 0.2) is 18.2 Å². The third-order valence-corrected chi connectivity index (χ3v) is 4.97. The number of nitrogens with one attached hydrogen (secondary N) is 1. The quantitative estimate of drug-likeness (QED) is 0.940. The van der Waals surface area contributed by atoms with Gasteiger partial charge in [0.1, 0.15) is 10.7 Å². The van der Waals surface area contributed by atoms with E-state index in [1.54, 1.807) is 12.1 Å². The summed E-state index contributed by atoms with van der Waals surface area (Å²) in [6.07, 6.45) is 2.05. The van der Waals surface area contributed by atoms with Crippen LogP contribution in [0.25, 0.3) is 10.1 Å². The normalized spacial score (nSPS) is 18.6. The number of benzene rings is 1. The molecule has 1 saturated heterocycles. The van der Waals surface area contributed by atoms with Gasteiger partial charge in [0.25, 0.3) is 5.91 Å². The molecule has 0 spiro atoms. The molecular weight excluding hydrogens is 301 g/mol. The smallest absolute Gasteiger partial charge is 0.263 e. The fourth-order valence-corrected chi connectivity index (χ4v) is 3.78. The molecule has 0 aliphatic carbocycles. The first-order chi connectivity index (χ1) is 9.66. The van der Waals surface area contributed by atoms with Gasteiger partial charge in [-0.15, -0.1) is 11.3 Å². The molecule has 0 radical (unpaired) electrons. The van der Waals surface area contributed by atoms with Crippen LogP contribution < -0.4 is 5.32 Å². The molecule has 1 aromatic heterocycles. The zero-order valence-corrected chi connectivity index (χ0v) is 12.2. The predicted octanol–water partition coefficient (Wildman–Crippen LogP) is 3.60. The van der Waals surface area contributed by atoms with Gasteiger partial charge in [-0.2, -0.15) is 0 Å². The van der Waals surface area contributed by atoms with Crippen molar-refractivity contribution in [1.82, 2.24) is 5.32 Å². The van der Waals surface area contributed by atoms with E-state index in [9.17, 15) is 9.18 Å². The standard InChI is InChI=1S/C14H13ClFNO2S/c15-12-11-9(16)4-1-5-10(11)20-13(12)14(18)17-7-8-3-2-6-19-8/h1,4-5,8H,2-3,6-7H2,(H,17,18). The van der Waals surface area contributed by atoms with E-state index in [-0.39, 0.29) is 17.0 Å². The van der Waals surface area contributed by atoms with Gasteiger partial charge in [-0.1, -0.05) is 17.7 Å². The molecule has 2 aromatic rings. The Hall–Kier alpha value is -1.17. The minimum Gasteiger partial charge on any atom is -0.376 e. The summed E-state index contributed by atoms with van der Waals surface area (Å²) in [7, 11) is 0. The maximum Gasteiger partial charge on any atom is 0.263 e. The highest BCUT2D eigenvalue weighted by molar-refractivity contribution is 7.21. The molecule has 1 unspecified atom stereocenters. The lowest BCUT2D eigenvalue weighted by Crippen LogP contribution is -2.31. The van der Waals surface area contributed by atoms with Crippen LogP contribution in [0.4, 0.5) is 4.39 Å². The summed E-state index contributed by atoms with van der Waals surface area (Å²) in [5.41, 5.74) is 0. The van der Waals surface area contributed by atoms with E-state index >= 15 is 0 Å². The maximum atomic E-state index is 13.7. The molecular formula is C14H13ClFNO2S. The summed E-state index contributed by atoms with van der Waals surface area (Å²) in [5, 5.41) is 3.31. The summed E-state index contributed by atoms with van der Waals surface area (Å²) in [4.78, 5) is 12.5. The van der Waals surface area contributed by atoms with Crippen molar-refractivity contribution in [3.05, 3.63) is 33.9 Å². The second kappa shape index (κ2) is 5.68. The molecule has 106 valence electrons. The van der Waals surface area contributed by atoms with E-state index in [4.69, 9.17) is 16.3 Å². The molecule has 0 bridgehead atoms. The molecule has 1 atom stereocenters. The van der Waals surface area contributed by atoms with Crippen LogP contribution in [0.3, 0.4) is 0 Å². The van der Waals surface area contributed by atoms with E-state index in [0.29, 0.717) is 21.5 Å². The molecule has 2 heterocycles. The lowest BCUT2D eigenvalue weighted by molar-refractivity contribution is 0.0861. The zero-order valence-electron chi connectivity index (χ0n) is 10.6. The highest BCUT2D eigenvalue weighted by atomic mass is 35.5. The molecule has 6 heteroatoms. The minimum absolute atomic E-state index is 0.0730. The monoisotopic (exact) mass is 313 g/mol. The lowest BCUT2D eigenvalue weighted by atomic mass is 10.2. The molecule has 1 fully saturated rings. The van der Waals surface area contributed by atoms with Crippen molar-refractivity contribution in [3.8, 4) is 0 Å². The Morgan fingerprint density at radius 1 is 1.55 bits per heavy atom. The van der Waals surface area contributed by atoms with Crippen molar-refractivity contribution in [2.75, 3.05) is 13.2 Å². The number of carbonyl (C=O) groups is 1. The Morgan fingerprint density at radius 2 is 2.40 bits per heavy atom. The number of hydrogen-bond donors (Lipinski definition) is 1. The molecule has 1 amide bonds. The minimum atomic E-state index is -0.401. The van der Waals surface area contributed by atoms with Crippen LogP contribution in [0.2, 0.25) is 5.02 Å². The fraction of sp³-hybridized carbons (Fsp3) is 0.357. The van der Waals surface area contributed by atoms with Crippen LogP contribution in [-0.4, -0.2) is 25.2 Å². The van der Waals surface area contributed by atoms with Gasteiger partial charge in [-0.3, -0.25) is 4.79 Å². The van der Waals surface area contributed by atoms with Gasteiger partial charge in [-0.05, 0) is 25.0 Å². The summed E-state index contributed by atoms with van der Waals surface area (Å²) >= 11 is 7.33. The first-order valence-corrected chi connectivity index (χ1v) is 7.62. The summed E-state index contributed by atoms with van der Waals surface area (Å²) < 4.78 is 19.8. The number of carbonyl (C=O) groups excluding carboxylic acids is 1. The highest BCUT2D eigenvalue weighted by Crippen LogP contribution is 2.36. The molecule has 20 heavy (non-hydrogen) atoms. The topological polar surface area (TPSA) is 38.3 Å². The Kier molecular flexibility index (Phi) is 3.92. The van der Waals surface area contributed by atoms with Crippen molar-refractivity contribution >= 4 is 38.9 Å². The second-order valence-corrected chi connectivity index (χ2v) is 6.13. The van der Waals surface area contributed by atoms with Crippen LogP contribution >= 0.6 is 22.9 Å². The predicted molar refractivity (Wildman–Crippen MR) is 78.1 cm³/mol. The molecule has 0 saturated carbocycles. The first-order valence-electron chi connectivity index (χ1n) is 6.43. The number of rotatable bonds is 3. The molecule has 3 nitrogen and oxygen atoms in total. The fourth-order valence-electron chi connectivity index (χ4n) is 2.31. The van der Waals surface area contributed by atoms with E-state index in [1.807, 2.05) is 0 Å². The molecule has 1 aromatic carbocycles. The number of amides is 1. The molecule has 1 aliphatic heterocycles. The third-order valence-electron chi connectivity index (χ3n) is 3.33. The van der Waals surface area contributed by atoms with E-state index in [1.165, 1.54) is 17.4 Å². The number of fused-ring (bicyclic) bond motifs is 1. The van der Waals surface area contributed by atoms with Crippen LogP contribution in [0, 0.1) is 5.82 Å². The van der Waals surface area contributed by atoms with Crippen molar-refractivity contribution in [2.45, 2.75) is 18.9 Å². The molecule has 1 N–H and O–H groups in total.